The number of aliphatic hydroxyl groups excluding tert-OH is 1. The molecule has 1 aliphatic rings. The molecule has 0 aliphatic carbocycles. The average Bonchev–Trinajstić information content (AvgIpc) is 2.58. The van der Waals surface area contributed by atoms with E-state index in [4.69, 9.17) is 9.84 Å². The molecule has 0 unspecified atom stereocenters. The lowest BCUT2D eigenvalue weighted by molar-refractivity contribution is -0.127. The fourth-order valence-electron chi connectivity index (χ4n) is 1.57. The summed E-state index contributed by atoms with van der Waals surface area (Å²) in [6, 6.07) is 0. The topological polar surface area (TPSA) is 49.8 Å². The van der Waals surface area contributed by atoms with E-state index in [1.807, 2.05) is 4.90 Å². The molecule has 82 valence electrons. The van der Waals surface area contributed by atoms with Crippen molar-refractivity contribution in [2.75, 3.05) is 32.9 Å². The first-order chi connectivity index (χ1) is 6.84. The van der Waals surface area contributed by atoms with Crippen LogP contribution >= 0.6 is 0 Å². The Morgan fingerprint density at radius 2 is 2.14 bits per heavy atom. The third-order valence-corrected chi connectivity index (χ3v) is 2.33. The summed E-state index contributed by atoms with van der Waals surface area (Å²) in [6.45, 7) is 3.21. The molecule has 0 aromatic heterocycles. The molecule has 1 fully saturated rings. The van der Waals surface area contributed by atoms with E-state index in [0.717, 1.165) is 25.9 Å². The molecule has 1 N–H and O–H groups in total. The fourth-order valence-corrected chi connectivity index (χ4v) is 1.57. The lowest BCUT2D eigenvalue weighted by atomic mass is 10.4. The summed E-state index contributed by atoms with van der Waals surface area (Å²) in [5.41, 5.74) is 0. The highest BCUT2D eigenvalue weighted by molar-refractivity contribution is 5.77. The molecule has 0 aromatic carbocycles. The van der Waals surface area contributed by atoms with Crippen molar-refractivity contribution in [1.29, 1.82) is 0 Å². The number of ether oxygens (including phenoxy) is 1. The maximum absolute atomic E-state index is 11.2. The van der Waals surface area contributed by atoms with Gasteiger partial charge in [-0.2, -0.15) is 0 Å². The molecule has 1 amide bonds. The van der Waals surface area contributed by atoms with Crippen LogP contribution in [0.1, 0.15) is 25.7 Å². The van der Waals surface area contributed by atoms with Gasteiger partial charge in [-0.3, -0.25) is 4.79 Å². The van der Waals surface area contributed by atoms with E-state index in [1.165, 1.54) is 0 Å². The highest BCUT2D eigenvalue weighted by Crippen LogP contribution is 2.09. The van der Waals surface area contributed by atoms with Crippen molar-refractivity contribution in [3.05, 3.63) is 0 Å². The Morgan fingerprint density at radius 1 is 1.36 bits per heavy atom. The predicted octanol–water partition coefficient (Wildman–Crippen LogP) is 0.398. The lowest BCUT2D eigenvalue weighted by Crippen LogP contribution is -2.26. The first-order valence-corrected chi connectivity index (χ1v) is 5.31. The van der Waals surface area contributed by atoms with E-state index in [9.17, 15) is 4.79 Å². The van der Waals surface area contributed by atoms with E-state index >= 15 is 0 Å². The SMILES string of the molecule is O=C1CCCN1CCCOCCCO. The number of carbonyl (C=O) groups is 1. The van der Waals surface area contributed by atoms with Crippen LogP contribution < -0.4 is 0 Å². The monoisotopic (exact) mass is 201 g/mol. The molecule has 0 aromatic rings. The van der Waals surface area contributed by atoms with E-state index in [-0.39, 0.29) is 12.5 Å². The highest BCUT2D eigenvalue weighted by atomic mass is 16.5. The lowest BCUT2D eigenvalue weighted by Gasteiger charge is -2.14. The molecule has 0 bridgehead atoms. The van der Waals surface area contributed by atoms with Gasteiger partial charge in [0.2, 0.25) is 5.91 Å². The van der Waals surface area contributed by atoms with Gasteiger partial charge in [-0.15, -0.1) is 0 Å². The minimum atomic E-state index is 0.185. The maximum atomic E-state index is 11.2. The molecule has 0 radical (unpaired) electrons. The number of carbonyl (C=O) groups excluding carboxylic acids is 1. The van der Waals surface area contributed by atoms with Gasteiger partial charge in [0.1, 0.15) is 0 Å². The molecule has 0 atom stereocenters. The van der Waals surface area contributed by atoms with Gasteiger partial charge in [0.05, 0.1) is 0 Å². The molecule has 1 rings (SSSR count). The van der Waals surface area contributed by atoms with Gasteiger partial charge >= 0.3 is 0 Å². The number of nitrogens with zero attached hydrogens (tertiary/aromatic N) is 1. The van der Waals surface area contributed by atoms with Gasteiger partial charge in [0.15, 0.2) is 0 Å². The second kappa shape index (κ2) is 6.79. The molecule has 0 spiro atoms. The zero-order chi connectivity index (χ0) is 10.2. The number of rotatable bonds is 7. The Hall–Kier alpha value is -0.610. The molecule has 1 aliphatic heterocycles. The van der Waals surface area contributed by atoms with Gasteiger partial charge in [-0.1, -0.05) is 0 Å². The largest absolute Gasteiger partial charge is 0.396 e. The van der Waals surface area contributed by atoms with E-state index in [1.54, 1.807) is 0 Å². The van der Waals surface area contributed by atoms with Crippen LogP contribution in [0, 0.1) is 0 Å². The number of aliphatic hydroxyl groups is 1. The van der Waals surface area contributed by atoms with Crippen molar-refractivity contribution in [3.8, 4) is 0 Å². The summed E-state index contributed by atoms with van der Waals surface area (Å²) < 4.78 is 5.27. The second-order valence-corrected chi connectivity index (χ2v) is 3.53. The number of amides is 1. The Labute approximate surface area is 84.8 Å². The van der Waals surface area contributed by atoms with Crippen molar-refractivity contribution in [3.63, 3.8) is 0 Å². The quantitative estimate of drug-likeness (QED) is 0.606. The third kappa shape index (κ3) is 4.07. The van der Waals surface area contributed by atoms with E-state index in [0.29, 0.717) is 26.1 Å². The van der Waals surface area contributed by atoms with Crippen molar-refractivity contribution in [2.24, 2.45) is 0 Å². The maximum Gasteiger partial charge on any atom is 0.222 e. The zero-order valence-corrected chi connectivity index (χ0v) is 8.57. The van der Waals surface area contributed by atoms with Gasteiger partial charge < -0.3 is 14.7 Å². The number of hydrogen-bond acceptors (Lipinski definition) is 3. The second-order valence-electron chi connectivity index (χ2n) is 3.53. The highest BCUT2D eigenvalue weighted by Gasteiger charge is 2.18. The first kappa shape index (κ1) is 11.5. The van der Waals surface area contributed by atoms with Crippen molar-refractivity contribution in [1.82, 2.24) is 4.90 Å². The molecule has 4 heteroatoms. The van der Waals surface area contributed by atoms with Crippen LogP contribution in [0.25, 0.3) is 0 Å². The summed E-state index contributed by atoms with van der Waals surface area (Å²) in [7, 11) is 0. The average molecular weight is 201 g/mol. The Kier molecular flexibility index (Phi) is 5.56. The number of hydrogen-bond donors (Lipinski definition) is 1. The Morgan fingerprint density at radius 3 is 2.79 bits per heavy atom. The summed E-state index contributed by atoms with van der Waals surface area (Å²) in [6.07, 6.45) is 3.31. The van der Waals surface area contributed by atoms with Crippen molar-refractivity contribution in [2.45, 2.75) is 25.7 Å². The van der Waals surface area contributed by atoms with Crippen LogP contribution in [0.4, 0.5) is 0 Å². The van der Waals surface area contributed by atoms with Crippen LogP contribution in [0.15, 0.2) is 0 Å². The summed E-state index contributed by atoms with van der Waals surface area (Å²) in [5.74, 6) is 0.278. The third-order valence-electron chi connectivity index (χ3n) is 2.33. The summed E-state index contributed by atoms with van der Waals surface area (Å²) >= 11 is 0. The van der Waals surface area contributed by atoms with Crippen molar-refractivity contribution >= 4 is 5.91 Å². The van der Waals surface area contributed by atoms with E-state index < -0.39 is 0 Å². The minimum Gasteiger partial charge on any atom is -0.396 e. The van der Waals surface area contributed by atoms with Crippen LogP contribution in [-0.2, 0) is 9.53 Å². The van der Waals surface area contributed by atoms with Crippen LogP contribution in [0.2, 0.25) is 0 Å². The normalized spacial score (nSPS) is 16.6. The zero-order valence-electron chi connectivity index (χ0n) is 8.57. The van der Waals surface area contributed by atoms with Gasteiger partial charge in [-0.25, -0.2) is 0 Å². The molecule has 1 heterocycles. The van der Waals surface area contributed by atoms with Crippen LogP contribution in [0.5, 0.6) is 0 Å². The van der Waals surface area contributed by atoms with Gasteiger partial charge in [0, 0.05) is 39.3 Å². The summed E-state index contributed by atoms with van der Waals surface area (Å²) in [5, 5.41) is 8.50. The fraction of sp³-hybridized carbons (Fsp3) is 0.900. The van der Waals surface area contributed by atoms with Gasteiger partial charge in [0.25, 0.3) is 0 Å². The van der Waals surface area contributed by atoms with Crippen LogP contribution in [0.3, 0.4) is 0 Å². The van der Waals surface area contributed by atoms with Crippen LogP contribution in [-0.4, -0.2) is 48.8 Å². The Balaban J connectivity index is 1.90. The molecule has 1 saturated heterocycles. The standard InChI is InChI=1S/C10H19NO3/c12-7-3-9-14-8-2-6-11-5-1-4-10(11)13/h12H,1-9H2. The molecule has 4 nitrogen and oxygen atoms in total. The first-order valence-electron chi connectivity index (χ1n) is 5.31. The molecule has 0 saturated carbocycles. The number of likely N-dealkylation sites (tertiary alicyclic amines) is 1. The summed E-state index contributed by atoms with van der Waals surface area (Å²) in [4.78, 5) is 13.1. The predicted molar refractivity (Wildman–Crippen MR) is 53.0 cm³/mol. The molecular formula is C10H19NO3. The smallest absolute Gasteiger partial charge is 0.222 e. The molecular weight excluding hydrogens is 182 g/mol. The van der Waals surface area contributed by atoms with Gasteiger partial charge in [-0.05, 0) is 19.3 Å². The Bertz CT molecular complexity index is 173. The minimum absolute atomic E-state index is 0.185. The molecule has 14 heavy (non-hydrogen) atoms. The van der Waals surface area contributed by atoms with Crippen molar-refractivity contribution < 1.29 is 14.6 Å². The van der Waals surface area contributed by atoms with E-state index in [2.05, 4.69) is 0 Å².